The molecule has 0 aromatic carbocycles. The van der Waals surface area contributed by atoms with Gasteiger partial charge in [-0.15, -0.1) is 0 Å². The summed E-state index contributed by atoms with van der Waals surface area (Å²) in [7, 11) is -3.32. The average molecular weight is 250 g/mol. The zero-order valence-corrected chi connectivity index (χ0v) is 8.90. The van der Waals surface area contributed by atoms with Gasteiger partial charge in [0.05, 0.1) is 10.2 Å². The van der Waals surface area contributed by atoms with Crippen molar-refractivity contribution in [3.63, 3.8) is 0 Å². The van der Waals surface area contributed by atoms with Crippen LogP contribution in [0.1, 0.15) is 5.69 Å². The lowest BCUT2D eigenvalue weighted by atomic mass is 10.5. The molecule has 0 aliphatic heterocycles. The second-order valence-corrected chi connectivity index (χ2v) is 4.99. The number of aromatic nitrogens is 2. The Hall–Kier alpha value is -0.490. The lowest BCUT2D eigenvalue weighted by Gasteiger charge is -1.98. The van der Waals surface area contributed by atoms with Gasteiger partial charge in [0.2, 0.25) is 15.0 Å². The number of aryl methyl sites for hydroxylation is 1. The molecule has 0 aliphatic rings. The van der Waals surface area contributed by atoms with Crippen molar-refractivity contribution < 1.29 is 8.42 Å². The first-order chi connectivity index (χ1) is 5.41. The van der Waals surface area contributed by atoms with Crippen LogP contribution in [0.2, 0.25) is 0 Å². The molecule has 0 spiro atoms. The minimum atomic E-state index is -3.32. The number of hydrogen-bond donors (Lipinski definition) is 0. The Labute approximate surface area is 79.1 Å². The summed E-state index contributed by atoms with van der Waals surface area (Å²) in [5, 5.41) is -0.191. The standard InChI is InChI=1S/C6H6BrN2O2S/c1-4-5(7)3-8-6(9-4)12(2,10)11/h1-2H3. The summed E-state index contributed by atoms with van der Waals surface area (Å²) >= 11 is 3.12. The van der Waals surface area contributed by atoms with E-state index in [1.165, 1.54) is 0 Å². The van der Waals surface area contributed by atoms with Crippen LogP contribution in [0.15, 0.2) is 9.63 Å². The quantitative estimate of drug-likeness (QED) is 0.690. The molecule has 0 fully saturated rings. The van der Waals surface area contributed by atoms with E-state index in [-0.39, 0.29) is 5.16 Å². The summed E-state index contributed by atoms with van der Waals surface area (Å²) < 4.78 is 22.5. The SMILES string of the molecule is Cc1nc(S(C)(=O)=O)n[c]c1Br. The van der Waals surface area contributed by atoms with Crippen LogP contribution in [0.4, 0.5) is 0 Å². The molecule has 0 bridgehead atoms. The molecule has 1 heterocycles. The van der Waals surface area contributed by atoms with Gasteiger partial charge in [-0.05, 0) is 22.9 Å². The molecule has 6 heteroatoms. The second kappa shape index (κ2) is 3.10. The molecule has 12 heavy (non-hydrogen) atoms. The van der Waals surface area contributed by atoms with Crippen LogP contribution in [0, 0.1) is 13.1 Å². The maximum absolute atomic E-state index is 10.9. The summed E-state index contributed by atoms with van der Waals surface area (Å²) in [5.74, 6) is 0. The topological polar surface area (TPSA) is 59.9 Å². The van der Waals surface area contributed by atoms with Crippen molar-refractivity contribution in [2.45, 2.75) is 12.1 Å². The first-order valence-corrected chi connectivity index (χ1v) is 5.71. The number of sulfone groups is 1. The third kappa shape index (κ3) is 2.01. The third-order valence-corrected chi connectivity index (χ3v) is 2.76. The fraction of sp³-hybridized carbons (Fsp3) is 0.333. The van der Waals surface area contributed by atoms with Crippen LogP contribution in [0.25, 0.3) is 0 Å². The van der Waals surface area contributed by atoms with Crippen molar-refractivity contribution in [3.05, 3.63) is 16.4 Å². The van der Waals surface area contributed by atoms with Gasteiger partial charge >= 0.3 is 0 Å². The lowest BCUT2D eigenvalue weighted by Crippen LogP contribution is -2.05. The van der Waals surface area contributed by atoms with E-state index >= 15 is 0 Å². The zero-order valence-electron chi connectivity index (χ0n) is 6.50. The Morgan fingerprint density at radius 2 is 2.08 bits per heavy atom. The second-order valence-electron chi connectivity index (χ2n) is 2.29. The molecule has 1 rings (SSSR count). The largest absolute Gasteiger partial charge is 0.247 e. The highest BCUT2D eigenvalue weighted by molar-refractivity contribution is 9.10. The molecular formula is C6H6BrN2O2S. The Bertz CT molecular complexity index is 402. The number of rotatable bonds is 1. The minimum absolute atomic E-state index is 0.191. The Balaban J connectivity index is 3.33. The molecule has 0 atom stereocenters. The van der Waals surface area contributed by atoms with E-state index in [0.717, 1.165) is 6.26 Å². The molecule has 65 valence electrons. The van der Waals surface area contributed by atoms with Gasteiger partial charge in [0.1, 0.15) is 6.20 Å². The molecule has 0 saturated heterocycles. The van der Waals surface area contributed by atoms with Crippen LogP contribution >= 0.6 is 15.9 Å². The van der Waals surface area contributed by atoms with E-state index in [0.29, 0.717) is 10.2 Å². The fourth-order valence-corrected chi connectivity index (χ4v) is 1.25. The first-order valence-electron chi connectivity index (χ1n) is 3.03. The van der Waals surface area contributed by atoms with Gasteiger partial charge in [0.25, 0.3) is 0 Å². The van der Waals surface area contributed by atoms with Gasteiger partial charge in [-0.25, -0.2) is 18.4 Å². The summed E-state index contributed by atoms with van der Waals surface area (Å²) in [6.07, 6.45) is 3.56. The molecule has 1 aromatic heterocycles. The van der Waals surface area contributed by atoms with Crippen LogP contribution in [-0.2, 0) is 9.84 Å². The van der Waals surface area contributed by atoms with Crippen molar-refractivity contribution in [1.29, 1.82) is 0 Å². The van der Waals surface area contributed by atoms with Gasteiger partial charge in [-0.2, -0.15) is 0 Å². The number of halogens is 1. The minimum Gasteiger partial charge on any atom is -0.222 e. The van der Waals surface area contributed by atoms with Crippen LogP contribution in [0.3, 0.4) is 0 Å². The van der Waals surface area contributed by atoms with Crippen molar-refractivity contribution in [2.24, 2.45) is 0 Å². The molecule has 4 nitrogen and oxygen atoms in total. The molecular weight excluding hydrogens is 244 g/mol. The highest BCUT2D eigenvalue weighted by Gasteiger charge is 2.11. The van der Waals surface area contributed by atoms with Crippen molar-refractivity contribution in [3.8, 4) is 0 Å². The number of hydrogen-bond acceptors (Lipinski definition) is 4. The Kier molecular flexibility index (Phi) is 2.48. The van der Waals surface area contributed by atoms with E-state index in [1.54, 1.807) is 6.92 Å². The molecule has 0 N–H and O–H groups in total. The predicted molar refractivity (Wildman–Crippen MR) is 46.4 cm³/mol. The van der Waals surface area contributed by atoms with Gasteiger partial charge in [0.15, 0.2) is 0 Å². The number of nitrogens with zero attached hydrogens (tertiary/aromatic N) is 2. The molecule has 0 amide bonds. The van der Waals surface area contributed by atoms with Crippen molar-refractivity contribution >= 4 is 25.8 Å². The summed E-state index contributed by atoms with van der Waals surface area (Å²) in [6.45, 7) is 1.68. The van der Waals surface area contributed by atoms with E-state index in [1.807, 2.05) is 0 Å². The van der Waals surface area contributed by atoms with Gasteiger partial charge in [0, 0.05) is 6.26 Å². The van der Waals surface area contributed by atoms with E-state index in [9.17, 15) is 8.42 Å². The summed E-state index contributed by atoms with van der Waals surface area (Å²) in [5.41, 5.74) is 0.561. The summed E-state index contributed by atoms with van der Waals surface area (Å²) in [4.78, 5) is 7.31. The molecule has 1 aromatic rings. The maximum Gasteiger partial charge on any atom is 0.247 e. The molecule has 1 radical (unpaired) electrons. The molecule has 0 unspecified atom stereocenters. The van der Waals surface area contributed by atoms with Crippen LogP contribution in [0.5, 0.6) is 0 Å². The third-order valence-electron chi connectivity index (χ3n) is 1.16. The summed E-state index contributed by atoms with van der Waals surface area (Å²) in [6, 6.07) is 0. The van der Waals surface area contributed by atoms with Crippen LogP contribution in [-0.4, -0.2) is 24.6 Å². The predicted octanol–water partition coefficient (Wildman–Crippen LogP) is 0.751. The lowest BCUT2D eigenvalue weighted by molar-refractivity contribution is 0.592. The van der Waals surface area contributed by atoms with Gasteiger partial charge in [-0.1, -0.05) is 0 Å². The highest BCUT2D eigenvalue weighted by atomic mass is 79.9. The maximum atomic E-state index is 10.9. The first kappa shape index (κ1) is 9.60. The average Bonchev–Trinajstić information content (AvgIpc) is 1.92. The Morgan fingerprint density at radius 3 is 2.50 bits per heavy atom. The van der Waals surface area contributed by atoms with E-state index < -0.39 is 9.84 Å². The van der Waals surface area contributed by atoms with E-state index in [4.69, 9.17) is 0 Å². The zero-order chi connectivity index (χ0) is 9.35. The monoisotopic (exact) mass is 249 g/mol. The van der Waals surface area contributed by atoms with Crippen molar-refractivity contribution in [1.82, 2.24) is 9.97 Å². The molecule has 0 aliphatic carbocycles. The molecule has 0 saturated carbocycles. The van der Waals surface area contributed by atoms with E-state index in [2.05, 4.69) is 32.1 Å². The van der Waals surface area contributed by atoms with Crippen LogP contribution < -0.4 is 0 Å². The fourth-order valence-electron chi connectivity index (χ4n) is 0.561. The smallest absolute Gasteiger partial charge is 0.222 e. The van der Waals surface area contributed by atoms with Gasteiger partial charge in [-0.3, -0.25) is 0 Å². The van der Waals surface area contributed by atoms with Gasteiger partial charge < -0.3 is 0 Å². The Morgan fingerprint density at radius 1 is 1.50 bits per heavy atom. The van der Waals surface area contributed by atoms with Crippen molar-refractivity contribution in [2.75, 3.05) is 6.26 Å². The highest BCUT2D eigenvalue weighted by Crippen LogP contribution is 2.12. The normalized spacial score (nSPS) is 11.6.